The third-order valence-electron chi connectivity index (χ3n) is 0.821. The van der Waals surface area contributed by atoms with Crippen molar-refractivity contribution in [1.82, 2.24) is 5.32 Å². The van der Waals surface area contributed by atoms with Gasteiger partial charge in [0.05, 0.1) is 0 Å². The van der Waals surface area contributed by atoms with E-state index in [1.807, 2.05) is 7.05 Å². The van der Waals surface area contributed by atoms with Crippen LogP contribution in [0.25, 0.3) is 0 Å². The van der Waals surface area contributed by atoms with Crippen LogP contribution in [0.3, 0.4) is 0 Å². The molecule has 0 rings (SSSR count). The number of rotatable bonds is 4. The molecule has 0 aromatic heterocycles. The topological polar surface area (TPSA) is 35.1 Å². The summed E-state index contributed by atoms with van der Waals surface area (Å²) in [4.78, 5) is 0. The molecule has 1 N–H and O–H groups in total. The molecule has 0 unspecified atom stereocenters. The van der Waals surface area contributed by atoms with Gasteiger partial charge in [-0.05, 0) is 20.0 Å². The second-order valence-electron chi connectivity index (χ2n) is 1.51. The SMILES string of the molecule is CNCCCC[O-].[Li+]. The van der Waals surface area contributed by atoms with Crippen molar-refractivity contribution in [2.45, 2.75) is 12.8 Å². The van der Waals surface area contributed by atoms with E-state index in [0.717, 1.165) is 19.4 Å². The molecular weight excluding hydrogens is 97.0 g/mol. The predicted molar refractivity (Wildman–Crippen MR) is 28.0 cm³/mol. The predicted octanol–water partition coefficient (Wildman–Crippen LogP) is -3.65. The fraction of sp³-hybridized carbons (Fsp3) is 1.00. The summed E-state index contributed by atoms with van der Waals surface area (Å²) in [5, 5.41) is 12.7. The Balaban J connectivity index is 0. The minimum absolute atomic E-state index is 0. The Kier molecular flexibility index (Phi) is 14.9. The van der Waals surface area contributed by atoms with Crippen molar-refractivity contribution < 1.29 is 24.0 Å². The van der Waals surface area contributed by atoms with E-state index in [9.17, 15) is 5.11 Å². The van der Waals surface area contributed by atoms with Gasteiger partial charge in [-0.3, -0.25) is 0 Å². The van der Waals surface area contributed by atoms with Crippen molar-refractivity contribution >= 4 is 0 Å². The van der Waals surface area contributed by atoms with Crippen LogP contribution < -0.4 is 29.3 Å². The molecule has 0 spiro atoms. The van der Waals surface area contributed by atoms with Gasteiger partial charge in [-0.2, -0.15) is 0 Å². The van der Waals surface area contributed by atoms with E-state index in [1.54, 1.807) is 0 Å². The minimum atomic E-state index is 0. The summed E-state index contributed by atoms with van der Waals surface area (Å²) in [6.45, 7) is 1.05. The molecule has 2 nitrogen and oxygen atoms in total. The maximum absolute atomic E-state index is 9.78. The number of unbranched alkanes of at least 4 members (excludes halogenated alkanes) is 1. The molecule has 0 aliphatic rings. The first-order chi connectivity index (χ1) is 3.41. The zero-order chi connectivity index (χ0) is 5.54. The first kappa shape index (κ1) is 11.3. The van der Waals surface area contributed by atoms with Gasteiger partial charge in [-0.15, -0.1) is 6.61 Å². The normalized spacial score (nSPS) is 8.25. The molecule has 0 aliphatic carbocycles. The molecule has 0 saturated carbocycles. The zero-order valence-corrected chi connectivity index (χ0v) is 5.74. The summed E-state index contributed by atoms with van der Waals surface area (Å²) in [5.41, 5.74) is 0. The Bertz CT molecular complexity index is 31.6. The smallest absolute Gasteiger partial charge is 0.854 e. The average Bonchev–Trinajstić information content (AvgIpc) is 1.69. The van der Waals surface area contributed by atoms with E-state index in [1.165, 1.54) is 0 Å². The Morgan fingerprint density at radius 3 is 2.38 bits per heavy atom. The van der Waals surface area contributed by atoms with Gasteiger partial charge >= 0.3 is 18.9 Å². The molecule has 0 aliphatic heterocycles. The van der Waals surface area contributed by atoms with Crippen LogP contribution in [-0.4, -0.2) is 20.2 Å². The number of nitrogens with one attached hydrogen (secondary N) is 1. The molecule has 0 bridgehead atoms. The molecule has 44 valence electrons. The molecule has 0 aromatic carbocycles. The van der Waals surface area contributed by atoms with Crippen molar-refractivity contribution in [1.29, 1.82) is 0 Å². The van der Waals surface area contributed by atoms with Crippen LogP contribution in [0.15, 0.2) is 0 Å². The van der Waals surface area contributed by atoms with Gasteiger partial charge in [0.15, 0.2) is 0 Å². The van der Waals surface area contributed by atoms with Crippen LogP contribution >= 0.6 is 0 Å². The van der Waals surface area contributed by atoms with E-state index in [4.69, 9.17) is 0 Å². The maximum Gasteiger partial charge on any atom is 1.00 e. The molecule has 8 heavy (non-hydrogen) atoms. The second kappa shape index (κ2) is 10.5. The van der Waals surface area contributed by atoms with Crippen LogP contribution in [0.5, 0.6) is 0 Å². The quantitative estimate of drug-likeness (QED) is 0.298. The van der Waals surface area contributed by atoms with Gasteiger partial charge in [0.2, 0.25) is 0 Å². The second-order valence-corrected chi connectivity index (χ2v) is 1.51. The summed E-state index contributed by atoms with van der Waals surface area (Å²) >= 11 is 0. The molecule has 0 saturated heterocycles. The Morgan fingerprint density at radius 2 is 2.00 bits per heavy atom. The summed E-state index contributed by atoms with van der Waals surface area (Å²) in [7, 11) is 1.89. The van der Waals surface area contributed by atoms with Crippen LogP contribution in [0, 0.1) is 0 Å². The van der Waals surface area contributed by atoms with Crippen molar-refractivity contribution in [3.8, 4) is 0 Å². The van der Waals surface area contributed by atoms with Crippen LogP contribution in [0.4, 0.5) is 0 Å². The van der Waals surface area contributed by atoms with Gasteiger partial charge in [-0.25, -0.2) is 0 Å². The fourth-order valence-corrected chi connectivity index (χ4v) is 0.404. The summed E-state index contributed by atoms with van der Waals surface area (Å²) in [6, 6.07) is 0. The monoisotopic (exact) mass is 109 g/mol. The van der Waals surface area contributed by atoms with Crippen LogP contribution in [-0.2, 0) is 0 Å². The first-order valence-corrected chi connectivity index (χ1v) is 2.64. The van der Waals surface area contributed by atoms with E-state index in [2.05, 4.69) is 5.32 Å². The first-order valence-electron chi connectivity index (χ1n) is 2.64. The molecule has 0 aromatic rings. The Labute approximate surface area is 62.8 Å². The number of hydrogen-bond donors (Lipinski definition) is 1. The largest absolute Gasteiger partial charge is 1.00 e. The van der Waals surface area contributed by atoms with Crippen LogP contribution in [0.1, 0.15) is 12.8 Å². The Morgan fingerprint density at radius 1 is 1.38 bits per heavy atom. The van der Waals surface area contributed by atoms with Gasteiger partial charge in [0, 0.05) is 0 Å². The zero-order valence-electron chi connectivity index (χ0n) is 5.74. The molecule has 0 radical (unpaired) electrons. The van der Waals surface area contributed by atoms with Gasteiger partial charge in [0.1, 0.15) is 0 Å². The third-order valence-corrected chi connectivity index (χ3v) is 0.821. The summed E-state index contributed by atoms with van der Waals surface area (Å²) in [6.07, 6.45) is 1.82. The minimum Gasteiger partial charge on any atom is -0.854 e. The molecule has 3 heteroatoms. The molecule has 0 heterocycles. The molecule has 0 atom stereocenters. The Hall–Kier alpha value is 0.517. The molecule has 0 fully saturated rings. The van der Waals surface area contributed by atoms with E-state index in [-0.39, 0.29) is 25.5 Å². The van der Waals surface area contributed by atoms with Gasteiger partial charge in [-0.1, -0.05) is 6.42 Å². The van der Waals surface area contributed by atoms with E-state index >= 15 is 0 Å². The summed E-state index contributed by atoms with van der Waals surface area (Å²) < 4.78 is 0. The maximum atomic E-state index is 9.78. The van der Waals surface area contributed by atoms with E-state index < -0.39 is 0 Å². The van der Waals surface area contributed by atoms with Gasteiger partial charge in [0.25, 0.3) is 0 Å². The fourth-order valence-electron chi connectivity index (χ4n) is 0.404. The summed E-state index contributed by atoms with van der Waals surface area (Å²) in [5.74, 6) is 0. The molecular formula is C5H12LiNO. The van der Waals surface area contributed by atoms with Crippen LogP contribution in [0.2, 0.25) is 0 Å². The van der Waals surface area contributed by atoms with Crippen molar-refractivity contribution in [3.63, 3.8) is 0 Å². The van der Waals surface area contributed by atoms with E-state index in [0.29, 0.717) is 0 Å². The molecule has 0 amide bonds. The standard InChI is InChI=1S/C5H12NO.Li/c1-6-4-2-3-5-7;/h6H,2-5H2,1H3;/q-1;+1. The third kappa shape index (κ3) is 9.72. The average molecular weight is 109 g/mol. The van der Waals surface area contributed by atoms with Gasteiger partial charge < -0.3 is 10.4 Å². The van der Waals surface area contributed by atoms with Crippen molar-refractivity contribution in [3.05, 3.63) is 0 Å². The van der Waals surface area contributed by atoms with Crippen molar-refractivity contribution in [2.24, 2.45) is 0 Å². The van der Waals surface area contributed by atoms with Crippen molar-refractivity contribution in [2.75, 3.05) is 20.2 Å². The number of hydrogen-bond acceptors (Lipinski definition) is 2.